The van der Waals surface area contributed by atoms with Crippen LogP contribution in [0.15, 0.2) is 54.6 Å². The van der Waals surface area contributed by atoms with Gasteiger partial charge in [-0.05, 0) is 44.0 Å². The van der Waals surface area contributed by atoms with E-state index in [0.717, 1.165) is 23.4 Å². The number of halogens is 1. The molecular formula is C20H25ClN2O. The van der Waals surface area contributed by atoms with E-state index < -0.39 is 0 Å². The largest absolute Gasteiger partial charge is 0.353 e. The topological polar surface area (TPSA) is 32.3 Å². The van der Waals surface area contributed by atoms with E-state index in [1.165, 1.54) is 5.56 Å². The van der Waals surface area contributed by atoms with Crippen LogP contribution in [-0.2, 0) is 17.8 Å². The first-order chi connectivity index (χ1) is 11.5. The molecule has 1 amide bonds. The molecule has 128 valence electrons. The van der Waals surface area contributed by atoms with Gasteiger partial charge in [0.2, 0.25) is 5.91 Å². The molecule has 2 aromatic carbocycles. The molecule has 0 fully saturated rings. The van der Waals surface area contributed by atoms with Crippen molar-refractivity contribution in [3.05, 3.63) is 70.7 Å². The molecule has 4 heteroatoms. The molecule has 2 rings (SSSR count). The van der Waals surface area contributed by atoms with E-state index in [0.29, 0.717) is 13.1 Å². The molecule has 0 saturated carbocycles. The van der Waals surface area contributed by atoms with E-state index in [1.807, 2.05) is 54.4 Å². The Labute approximate surface area is 149 Å². The standard InChI is InChI=1S/C20H25ClN2O/c1-16(12-13-17-8-4-3-5-9-17)22-20(24)15-23(2)14-18-10-6-7-11-19(18)21/h3-11,16H,12-15H2,1-2H3,(H,22,24)/t16-/m0/s1. The number of amides is 1. The van der Waals surface area contributed by atoms with Gasteiger partial charge >= 0.3 is 0 Å². The number of aryl methyl sites for hydroxylation is 1. The maximum absolute atomic E-state index is 12.2. The van der Waals surface area contributed by atoms with E-state index in [-0.39, 0.29) is 11.9 Å². The van der Waals surface area contributed by atoms with Gasteiger partial charge in [0.15, 0.2) is 0 Å². The summed E-state index contributed by atoms with van der Waals surface area (Å²) in [6, 6.07) is 18.2. The third-order valence-corrected chi connectivity index (χ3v) is 4.30. The smallest absolute Gasteiger partial charge is 0.234 e. The molecule has 0 spiro atoms. The Morgan fingerprint density at radius 3 is 2.50 bits per heavy atom. The second-order valence-corrected chi connectivity index (χ2v) is 6.66. The summed E-state index contributed by atoms with van der Waals surface area (Å²) in [7, 11) is 1.93. The summed E-state index contributed by atoms with van der Waals surface area (Å²) in [6.07, 6.45) is 1.90. The maximum atomic E-state index is 12.2. The van der Waals surface area contributed by atoms with Crippen molar-refractivity contribution in [2.24, 2.45) is 0 Å². The van der Waals surface area contributed by atoms with Crippen LogP contribution >= 0.6 is 11.6 Å². The molecular weight excluding hydrogens is 320 g/mol. The highest BCUT2D eigenvalue weighted by atomic mass is 35.5. The molecule has 1 atom stereocenters. The van der Waals surface area contributed by atoms with Gasteiger partial charge in [-0.25, -0.2) is 0 Å². The maximum Gasteiger partial charge on any atom is 0.234 e. The van der Waals surface area contributed by atoms with Crippen LogP contribution in [0.25, 0.3) is 0 Å². The van der Waals surface area contributed by atoms with Crippen LogP contribution in [0.5, 0.6) is 0 Å². The van der Waals surface area contributed by atoms with Crippen molar-refractivity contribution in [3.63, 3.8) is 0 Å². The highest BCUT2D eigenvalue weighted by Crippen LogP contribution is 2.16. The van der Waals surface area contributed by atoms with Gasteiger partial charge in [-0.1, -0.05) is 60.1 Å². The minimum absolute atomic E-state index is 0.0464. The van der Waals surface area contributed by atoms with Gasteiger partial charge < -0.3 is 5.32 Å². The number of benzene rings is 2. The number of nitrogens with zero attached hydrogens (tertiary/aromatic N) is 1. The van der Waals surface area contributed by atoms with Gasteiger partial charge in [0.25, 0.3) is 0 Å². The molecule has 1 N–H and O–H groups in total. The molecule has 0 aliphatic heterocycles. The van der Waals surface area contributed by atoms with Gasteiger partial charge in [-0.3, -0.25) is 9.69 Å². The quantitative estimate of drug-likeness (QED) is 0.787. The Bertz CT molecular complexity index is 645. The normalized spacial score (nSPS) is 12.2. The van der Waals surface area contributed by atoms with Crippen molar-refractivity contribution >= 4 is 17.5 Å². The van der Waals surface area contributed by atoms with Crippen molar-refractivity contribution < 1.29 is 4.79 Å². The lowest BCUT2D eigenvalue weighted by Gasteiger charge is -2.19. The highest BCUT2D eigenvalue weighted by Gasteiger charge is 2.11. The van der Waals surface area contributed by atoms with Crippen LogP contribution in [0.1, 0.15) is 24.5 Å². The van der Waals surface area contributed by atoms with Gasteiger partial charge in [-0.15, -0.1) is 0 Å². The summed E-state index contributed by atoms with van der Waals surface area (Å²) >= 11 is 6.16. The second-order valence-electron chi connectivity index (χ2n) is 6.26. The van der Waals surface area contributed by atoms with Crippen molar-refractivity contribution in [3.8, 4) is 0 Å². The van der Waals surface area contributed by atoms with Gasteiger partial charge in [0, 0.05) is 17.6 Å². The van der Waals surface area contributed by atoms with Crippen LogP contribution in [0, 0.1) is 0 Å². The molecule has 0 heterocycles. The molecule has 0 unspecified atom stereocenters. The zero-order chi connectivity index (χ0) is 17.4. The molecule has 24 heavy (non-hydrogen) atoms. The fourth-order valence-corrected chi connectivity index (χ4v) is 2.83. The average Bonchev–Trinajstić information content (AvgIpc) is 2.56. The van der Waals surface area contributed by atoms with E-state index in [2.05, 4.69) is 24.4 Å². The Kier molecular flexibility index (Phi) is 7.29. The summed E-state index contributed by atoms with van der Waals surface area (Å²) in [4.78, 5) is 14.1. The van der Waals surface area contributed by atoms with E-state index in [4.69, 9.17) is 11.6 Å². The van der Waals surface area contributed by atoms with Crippen molar-refractivity contribution in [2.75, 3.05) is 13.6 Å². The summed E-state index contributed by atoms with van der Waals surface area (Å²) < 4.78 is 0. The van der Waals surface area contributed by atoms with Crippen LogP contribution in [-0.4, -0.2) is 30.4 Å². The lowest BCUT2D eigenvalue weighted by molar-refractivity contribution is -0.122. The van der Waals surface area contributed by atoms with Crippen LogP contribution in [0.4, 0.5) is 0 Å². The van der Waals surface area contributed by atoms with E-state index >= 15 is 0 Å². The number of hydrogen-bond donors (Lipinski definition) is 1. The Morgan fingerprint density at radius 1 is 1.12 bits per heavy atom. The molecule has 0 radical (unpaired) electrons. The number of hydrogen-bond acceptors (Lipinski definition) is 2. The highest BCUT2D eigenvalue weighted by molar-refractivity contribution is 6.31. The number of rotatable bonds is 8. The SMILES string of the molecule is C[C@@H](CCc1ccccc1)NC(=O)CN(C)Cc1ccccc1Cl. The van der Waals surface area contributed by atoms with Crippen molar-refractivity contribution in [2.45, 2.75) is 32.4 Å². The van der Waals surface area contributed by atoms with E-state index in [9.17, 15) is 4.79 Å². The molecule has 0 saturated heterocycles. The van der Waals surface area contributed by atoms with Crippen molar-refractivity contribution in [1.82, 2.24) is 10.2 Å². The monoisotopic (exact) mass is 344 g/mol. The fraction of sp³-hybridized carbons (Fsp3) is 0.350. The molecule has 0 aliphatic carbocycles. The zero-order valence-electron chi connectivity index (χ0n) is 14.3. The zero-order valence-corrected chi connectivity index (χ0v) is 15.1. The first-order valence-electron chi connectivity index (χ1n) is 8.30. The Morgan fingerprint density at radius 2 is 1.79 bits per heavy atom. The predicted octanol–water partition coefficient (Wildman–Crippen LogP) is 3.91. The van der Waals surface area contributed by atoms with E-state index in [1.54, 1.807) is 0 Å². The number of carbonyl (C=O) groups is 1. The summed E-state index contributed by atoms with van der Waals surface area (Å²) in [5.74, 6) is 0.0464. The number of nitrogens with one attached hydrogen (secondary N) is 1. The summed E-state index contributed by atoms with van der Waals surface area (Å²) in [6.45, 7) is 3.07. The van der Waals surface area contributed by atoms with Gasteiger partial charge in [-0.2, -0.15) is 0 Å². The van der Waals surface area contributed by atoms with Crippen LogP contribution in [0.2, 0.25) is 5.02 Å². The molecule has 3 nitrogen and oxygen atoms in total. The first kappa shape index (κ1) is 18.5. The minimum Gasteiger partial charge on any atom is -0.353 e. The lowest BCUT2D eigenvalue weighted by atomic mass is 10.1. The van der Waals surface area contributed by atoms with Crippen LogP contribution < -0.4 is 5.32 Å². The van der Waals surface area contributed by atoms with Gasteiger partial charge in [0.1, 0.15) is 0 Å². The summed E-state index contributed by atoms with van der Waals surface area (Å²) in [5.41, 5.74) is 2.33. The Hall–Kier alpha value is -1.84. The molecule has 2 aromatic rings. The molecule has 0 aromatic heterocycles. The third-order valence-electron chi connectivity index (χ3n) is 3.93. The number of likely N-dealkylation sites (N-methyl/N-ethyl adjacent to an activating group) is 1. The molecule has 0 bridgehead atoms. The van der Waals surface area contributed by atoms with Crippen molar-refractivity contribution in [1.29, 1.82) is 0 Å². The van der Waals surface area contributed by atoms with Gasteiger partial charge in [0.05, 0.1) is 6.54 Å². The predicted molar refractivity (Wildman–Crippen MR) is 100 cm³/mol. The average molecular weight is 345 g/mol. The summed E-state index contributed by atoms with van der Waals surface area (Å²) in [5, 5.41) is 3.80. The minimum atomic E-state index is 0.0464. The third kappa shape index (κ3) is 6.34. The lowest BCUT2D eigenvalue weighted by Crippen LogP contribution is -2.39. The van der Waals surface area contributed by atoms with Crippen LogP contribution in [0.3, 0.4) is 0 Å². The number of carbonyl (C=O) groups excluding carboxylic acids is 1. The first-order valence-corrected chi connectivity index (χ1v) is 8.67. The Balaban J connectivity index is 1.72. The fourth-order valence-electron chi connectivity index (χ4n) is 2.64. The second kappa shape index (κ2) is 9.45. The molecule has 0 aliphatic rings.